The molecule has 3 fully saturated rings. The van der Waals surface area contributed by atoms with E-state index in [1.807, 2.05) is 33.3 Å². The van der Waals surface area contributed by atoms with Gasteiger partial charge in [-0.3, -0.25) is 14.9 Å². The molecular weight excluding hydrogens is 575 g/mol. The van der Waals surface area contributed by atoms with E-state index in [1.165, 1.54) is 6.34 Å². The number of aliphatic imine (C=N–C) groups is 4. The number of nitrogens with one attached hydrogen (secondary N) is 1. The SMILES string of the molecule is CC(C)(C)OC(=O)N1CCN(CC2CC=NC(N=CNC3CCC(C4CC(OCC5(C(F)(F)F)CC5)=NC=N4)CC3)C2)CC1. The third-order valence-corrected chi connectivity index (χ3v) is 9.49. The van der Waals surface area contributed by atoms with Crippen LogP contribution in [0.25, 0.3) is 0 Å². The van der Waals surface area contributed by atoms with Gasteiger partial charge in [-0.25, -0.2) is 14.8 Å². The Bertz CT molecular complexity index is 1100. The quantitative estimate of drug-likeness (QED) is 0.300. The standard InChI is InChI=1S/C31H48F3N7O3/c1-29(2,3)44-28(42)41-14-12-40(13-15-41)18-22-8-11-35-26(16-22)38-20-36-24-6-4-23(5-7-24)25-17-27(39-21-37-25)43-19-30(9-10-30)31(32,33)34/h11,20-26H,4-10,12-19H2,1-3H3,(H,36,38). The van der Waals surface area contributed by atoms with Crippen LogP contribution in [0.4, 0.5) is 18.0 Å². The van der Waals surface area contributed by atoms with Gasteiger partial charge in [-0.05, 0) is 84.0 Å². The van der Waals surface area contributed by atoms with Crippen molar-refractivity contribution in [2.75, 3.05) is 39.3 Å². The first-order valence-corrected chi connectivity index (χ1v) is 16.2. The lowest BCUT2D eigenvalue weighted by atomic mass is 9.80. The Morgan fingerprint density at radius 1 is 1.11 bits per heavy atom. The molecule has 2 aliphatic carbocycles. The van der Waals surface area contributed by atoms with Gasteiger partial charge in [0, 0.05) is 51.4 Å². The fraction of sp³-hybridized carbons (Fsp3) is 0.839. The van der Waals surface area contributed by atoms with Gasteiger partial charge in [-0.15, -0.1) is 0 Å². The van der Waals surface area contributed by atoms with Crippen LogP contribution in [0, 0.1) is 17.3 Å². The van der Waals surface area contributed by atoms with Gasteiger partial charge in [0.25, 0.3) is 0 Å². The highest BCUT2D eigenvalue weighted by Crippen LogP contribution is 2.57. The fourth-order valence-corrected chi connectivity index (χ4v) is 6.48. The first kappa shape index (κ1) is 32.7. The minimum atomic E-state index is -4.22. The summed E-state index contributed by atoms with van der Waals surface area (Å²) in [5.74, 6) is 1.22. The maximum Gasteiger partial charge on any atom is 0.410 e. The number of hydrogen-bond acceptors (Lipinski definition) is 8. The molecule has 3 unspecified atom stereocenters. The summed E-state index contributed by atoms with van der Waals surface area (Å²) in [6.45, 7) is 9.35. The molecule has 0 aromatic carbocycles. The highest BCUT2D eigenvalue weighted by atomic mass is 19.4. The predicted molar refractivity (Wildman–Crippen MR) is 165 cm³/mol. The molecule has 10 nitrogen and oxygen atoms in total. The lowest BCUT2D eigenvalue weighted by molar-refractivity contribution is -0.195. The van der Waals surface area contributed by atoms with E-state index >= 15 is 0 Å². The first-order chi connectivity index (χ1) is 20.9. The number of rotatable bonds is 8. The Morgan fingerprint density at radius 3 is 2.50 bits per heavy atom. The van der Waals surface area contributed by atoms with E-state index in [0.717, 1.165) is 58.2 Å². The topological polar surface area (TPSA) is 103 Å². The van der Waals surface area contributed by atoms with Crippen molar-refractivity contribution in [3.63, 3.8) is 0 Å². The van der Waals surface area contributed by atoms with Gasteiger partial charge in [0.05, 0.1) is 12.4 Å². The van der Waals surface area contributed by atoms with Crippen molar-refractivity contribution in [3.8, 4) is 0 Å². The van der Waals surface area contributed by atoms with Crippen LogP contribution in [-0.4, -0.2) is 110 Å². The van der Waals surface area contributed by atoms with Crippen molar-refractivity contribution in [3.05, 3.63) is 0 Å². The largest absolute Gasteiger partial charge is 0.480 e. The molecule has 3 heterocycles. The molecule has 3 atom stereocenters. The van der Waals surface area contributed by atoms with Gasteiger partial charge in [0.1, 0.15) is 30.1 Å². The van der Waals surface area contributed by atoms with E-state index in [2.05, 4.69) is 25.2 Å². The number of nitrogens with zero attached hydrogens (tertiary/aromatic N) is 6. The molecule has 0 spiro atoms. The van der Waals surface area contributed by atoms with Gasteiger partial charge in [-0.1, -0.05) is 0 Å². The van der Waals surface area contributed by atoms with Crippen molar-refractivity contribution < 1.29 is 27.4 Å². The van der Waals surface area contributed by atoms with Crippen LogP contribution in [0.2, 0.25) is 0 Å². The molecule has 3 aliphatic heterocycles. The Morgan fingerprint density at radius 2 is 1.84 bits per heavy atom. The van der Waals surface area contributed by atoms with Gasteiger partial charge in [0.2, 0.25) is 0 Å². The zero-order chi connectivity index (χ0) is 31.4. The molecule has 0 radical (unpaired) electrons. The second-order valence-electron chi connectivity index (χ2n) is 14.1. The minimum Gasteiger partial charge on any atom is -0.480 e. The number of amides is 1. The first-order valence-electron chi connectivity index (χ1n) is 16.2. The van der Waals surface area contributed by atoms with E-state index in [-0.39, 0.29) is 37.7 Å². The van der Waals surface area contributed by atoms with Crippen LogP contribution in [0.15, 0.2) is 20.0 Å². The molecule has 1 saturated heterocycles. The maximum atomic E-state index is 13.2. The maximum absolute atomic E-state index is 13.2. The smallest absolute Gasteiger partial charge is 0.410 e. The summed E-state index contributed by atoms with van der Waals surface area (Å²) < 4.78 is 50.8. The summed E-state index contributed by atoms with van der Waals surface area (Å²) >= 11 is 0. The van der Waals surface area contributed by atoms with Crippen LogP contribution < -0.4 is 5.32 Å². The van der Waals surface area contributed by atoms with Crippen molar-refractivity contribution in [1.29, 1.82) is 0 Å². The van der Waals surface area contributed by atoms with Crippen LogP contribution in [0.5, 0.6) is 0 Å². The number of ether oxygens (including phenoxy) is 2. The Kier molecular flexibility index (Phi) is 10.2. The van der Waals surface area contributed by atoms with Crippen molar-refractivity contribution in [2.45, 2.75) is 109 Å². The average molecular weight is 624 g/mol. The molecule has 0 aromatic heterocycles. The third-order valence-electron chi connectivity index (χ3n) is 9.49. The monoisotopic (exact) mass is 623 g/mol. The summed E-state index contributed by atoms with van der Waals surface area (Å²) in [5.41, 5.74) is -2.17. The Labute approximate surface area is 258 Å². The number of alkyl halides is 3. The molecule has 5 aliphatic rings. The molecule has 1 amide bonds. The molecule has 44 heavy (non-hydrogen) atoms. The van der Waals surface area contributed by atoms with Crippen LogP contribution in [0.1, 0.15) is 78.6 Å². The lowest BCUT2D eigenvalue weighted by Gasteiger charge is -2.37. The van der Waals surface area contributed by atoms with Gasteiger partial charge >= 0.3 is 12.3 Å². The highest BCUT2D eigenvalue weighted by Gasteiger charge is 2.64. The third kappa shape index (κ3) is 8.94. The summed E-state index contributed by atoms with van der Waals surface area (Å²) in [6.07, 6.45) is 7.25. The van der Waals surface area contributed by atoms with E-state index in [1.54, 1.807) is 4.90 Å². The van der Waals surface area contributed by atoms with E-state index in [0.29, 0.717) is 43.3 Å². The molecule has 246 valence electrons. The summed E-state index contributed by atoms with van der Waals surface area (Å²) in [4.78, 5) is 34.5. The molecule has 13 heteroatoms. The second kappa shape index (κ2) is 13.7. The molecular formula is C31H48F3N7O3. The molecule has 0 aromatic rings. The van der Waals surface area contributed by atoms with Crippen molar-refractivity contribution in [2.24, 2.45) is 37.2 Å². The predicted octanol–water partition coefficient (Wildman–Crippen LogP) is 5.08. The summed E-state index contributed by atoms with van der Waals surface area (Å²) in [7, 11) is 0. The van der Waals surface area contributed by atoms with Crippen molar-refractivity contribution in [1.82, 2.24) is 15.1 Å². The Hall–Kier alpha value is -2.70. The normalized spacial score (nSPS) is 31.1. The zero-order valence-electron chi connectivity index (χ0n) is 26.3. The van der Waals surface area contributed by atoms with Crippen LogP contribution in [0.3, 0.4) is 0 Å². The molecule has 5 rings (SSSR count). The summed E-state index contributed by atoms with van der Waals surface area (Å²) in [6, 6.07) is 0.338. The number of carbonyl (C=O) groups is 1. The van der Waals surface area contributed by atoms with Crippen LogP contribution in [-0.2, 0) is 9.47 Å². The van der Waals surface area contributed by atoms with Gasteiger partial charge < -0.3 is 19.7 Å². The molecule has 0 bridgehead atoms. The van der Waals surface area contributed by atoms with Gasteiger partial charge in [0.15, 0.2) is 5.90 Å². The number of hydrogen-bond donors (Lipinski definition) is 1. The fourth-order valence-electron chi connectivity index (χ4n) is 6.48. The number of halogens is 3. The lowest BCUT2D eigenvalue weighted by Crippen LogP contribution is -2.51. The molecule has 2 saturated carbocycles. The van der Waals surface area contributed by atoms with Crippen LogP contribution >= 0.6 is 0 Å². The van der Waals surface area contributed by atoms with Crippen molar-refractivity contribution >= 4 is 30.9 Å². The van der Waals surface area contributed by atoms with Gasteiger partial charge in [-0.2, -0.15) is 13.2 Å². The summed E-state index contributed by atoms with van der Waals surface area (Å²) in [5, 5.41) is 3.47. The second-order valence-corrected chi connectivity index (χ2v) is 14.1. The molecule has 1 N–H and O–H groups in total. The van der Waals surface area contributed by atoms with E-state index in [4.69, 9.17) is 14.5 Å². The minimum absolute atomic E-state index is 0.00644. The number of carbonyl (C=O) groups excluding carboxylic acids is 1. The van der Waals surface area contributed by atoms with E-state index in [9.17, 15) is 18.0 Å². The number of piperazine rings is 1. The van der Waals surface area contributed by atoms with E-state index < -0.39 is 17.2 Å². The highest BCUT2D eigenvalue weighted by molar-refractivity contribution is 5.86. The average Bonchev–Trinajstić information content (AvgIpc) is 3.78. The zero-order valence-corrected chi connectivity index (χ0v) is 26.3. The Balaban J connectivity index is 0.971.